The summed E-state index contributed by atoms with van der Waals surface area (Å²) in [6, 6.07) is 26.5. The first kappa shape index (κ1) is 14.3. The number of benzene rings is 3. The summed E-state index contributed by atoms with van der Waals surface area (Å²) >= 11 is 0. The van der Waals surface area contributed by atoms with Crippen LogP contribution in [0.2, 0.25) is 0 Å². The van der Waals surface area contributed by atoms with E-state index in [4.69, 9.17) is 0 Å². The molecule has 22 heavy (non-hydrogen) atoms. The van der Waals surface area contributed by atoms with Crippen molar-refractivity contribution in [3.05, 3.63) is 95.6 Å². The van der Waals surface area contributed by atoms with Crippen molar-refractivity contribution in [2.45, 2.75) is 12.8 Å². The molecular weight excluding hydrogens is 268 g/mol. The third-order valence-electron chi connectivity index (χ3n) is 4.11. The van der Waals surface area contributed by atoms with Crippen molar-refractivity contribution in [2.24, 2.45) is 0 Å². The van der Waals surface area contributed by atoms with Gasteiger partial charge in [0, 0.05) is 11.5 Å². The van der Waals surface area contributed by atoms with Gasteiger partial charge in [-0.1, -0.05) is 85.8 Å². The van der Waals surface area contributed by atoms with E-state index in [9.17, 15) is 4.79 Å². The summed E-state index contributed by atoms with van der Waals surface area (Å²) in [5.74, 6) is 0.185. The fourth-order valence-corrected chi connectivity index (χ4v) is 2.88. The summed E-state index contributed by atoms with van der Waals surface area (Å²) in [6.45, 7) is 2.15. The third kappa shape index (κ3) is 2.71. The lowest BCUT2D eigenvalue weighted by Gasteiger charge is -2.17. The highest BCUT2D eigenvalue weighted by Crippen LogP contribution is 2.32. The molecule has 1 nitrogen and oxygen atoms in total. The lowest BCUT2D eigenvalue weighted by atomic mass is 9.86. The van der Waals surface area contributed by atoms with E-state index in [1.807, 2.05) is 66.7 Å². The Balaban J connectivity index is 2.12. The monoisotopic (exact) mass is 286 g/mol. The molecule has 0 unspecified atom stereocenters. The summed E-state index contributed by atoms with van der Waals surface area (Å²) in [7, 11) is 0. The van der Waals surface area contributed by atoms with E-state index in [1.165, 1.54) is 5.56 Å². The van der Waals surface area contributed by atoms with Crippen molar-refractivity contribution in [3.63, 3.8) is 0 Å². The molecule has 0 saturated carbocycles. The van der Waals surface area contributed by atoms with Crippen LogP contribution in [-0.4, -0.2) is 6.29 Å². The van der Waals surface area contributed by atoms with Gasteiger partial charge in [0.25, 0.3) is 0 Å². The molecule has 3 aromatic rings. The second kappa shape index (κ2) is 6.40. The molecule has 0 fully saturated rings. The quantitative estimate of drug-likeness (QED) is 0.593. The summed E-state index contributed by atoms with van der Waals surface area (Å²) in [5.41, 5.74) is 5.14. The van der Waals surface area contributed by atoms with E-state index in [-0.39, 0.29) is 5.92 Å². The molecule has 1 atom stereocenters. The number of aldehydes is 1. The molecule has 1 heteroatoms. The van der Waals surface area contributed by atoms with Crippen LogP contribution in [0.4, 0.5) is 0 Å². The zero-order valence-electron chi connectivity index (χ0n) is 12.6. The first-order valence-corrected chi connectivity index (χ1v) is 7.49. The Hall–Kier alpha value is -2.67. The molecule has 0 aliphatic rings. The second-order valence-electron chi connectivity index (χ2n) is 5.42. The molecule has 3 rings (SSSR count). The molecule has 0 radical (unpaired) electrons. The third-order valence-corrected chi connectivity index (χ3v) is 4.11. The molecule has 0 heterocycles. The Kier molecular flexibility index (Phi) is 4.15. The fraction of sp³-hybridized carbons (Fsp3) is 0.0952. The molecule has 0 amide bonds. The summed E-state index contributed by atoms with van der Waals surface area (Å²) < 4.78 is 0. The Labute approximate surface area is 131 Å². The topological polar surface area (TPSA) is 17.1 Å². The molecule has 0 spiro atoms. The van der Waals surface area contributed by atoms with Crippen molar-refractivity contribution in [3.8, 4) is 11.1 Å². The first-order chi connectivity index (χ1) is 10.8. The van der Waals surface area contributed by atoms with Gasteiger partial charge < -0.3 is 0 Å². The average molecular weight is 286 g/mol. The van der Waals surface area contributed by atoms with Crippen LogP contribution in [0.1, 0.15) is 34.3 Å². The summed E-state index contributed by atoms with van der Waals surface area (Å²) in [6.07, 6.45) is 0.983. The number of hydrogen-bond acceptors (Lipinski definition) is 1. The van der Waals surface area contributed by atoms with Crippen molar-refractivity contribution < 1.29 is 4.79 Å². The Morgan fingerprint density at radius 3 is 2.05 bits per heavy atom. The normalized spacial score (nSPS) is 11.9. The Morgan fingerprint density at radius 1 is 0.773 bits per heavy atom. The fourth-order valence-electron chi connectivity index (χ4n) is 2.88. The second-order valence-corrected chi connectivity index (χ2v) is 5.42. The van der Waals surface area contributed by atoms with Crippen LogP contribution in [0.3, 0.4) is 0 Å². The van der Waals surface area contributed by atoms with E-state index in [0.717, 1.165) is 28.5 Å². The van der Waals surface area contributed by atoms with Gasteiger partial charge in [0.15, 0.2) is 6.29 Å². The van der Waals surface area contributed by atoms with Crippen LogP contribution in [0.5, 0.6) is 0 Å². The van der Waals surface area contributed by atoms with Crippen LogP contribution < -0.4 is 0 Å². The zero-order chi connectivity index (χ0) is 15.4. The predicted molar refractivity (Wildman–Crippen MR) is 91.2 cm³/mol. The standard InChI is InChI=1S/C21H18O/c1-16(17-9-4-2-5-10-17)19-13-8-14-20(21(19)15-22)18-11-6-3-7-12-18/h2-16H,1H3/t16-/m1/s1. The van der Waals surface area contributed by atoms with Gasteiger partial charge in [0.1, 0.15) is 0 Å². The molecule has 0 aromatic heterocycles. The molecule has 0 N–H and O–H groups in total. The van der Waals surface area contributed by atoms with Gasteiger partial charge in [-0.25, -0.2) is 0 Å². The number of rotatable bonds is 4. The van der Waals surface area contributed by atoms with Crippen LogP contribution in [0, 0.1) is 0 Å². The smallest absolute Gasteiger partial charge is 0.150 e. The highest BCUT2D eigenvalue weighted by Gasteiger charge is 2.15. The zero-order valence-corrected chi connectivity index (χ0v) is 12.6. The number of hydrogen-bond donors (Lipinski definition) is 0. The maximum absolute atomic E-state index is 11.8. The van der Waals surface area contributed by atoms with Crippen molar-refractivity contribution in [1.82, 2.24) is 0 Å². The summed E-state index contributed by atoms with van der Waals surface area (Å²) in [5, 5.41) is 0. The molecule has 0 saturated heterocycles. The van der Waals surface area contributed by atoms with E-state index in [0.29, 0.717) is 0 Å². The highest BCUT2D eigenvalue weighted by molar-refractivity contribution is 5.90. The largest absolute Gasteiger partial charge is 0.298 e. The first-order valence-electron chi connectivity index (χ1n) is 7.49. The van der Waals surface area contributed by atoms with Crippen molar-refractivity contribution >= 4 is 6.29 Å². The van der Waals surface area contributed by atoms with Crippen LogP contribution in [-0.2, 0) is 0 Å². The predicted octanol–water partition coefficient (Wildman–Crippen LogP) is 5.32. The molecule has 108 valence electrons. The Morgan fingerprint density at radius 2 is 1.41 bits per heavy atom. The maximum atomic E-state index is 11.8. The number of carbonyl (C=O) groups is 1. The molecule has 0 aliphatic heterocycles. The van der Waals surface area contributed by atoms with Gasteiger partial charge >= 0.3 is 0 Å². The van der Waals surface area contributed by atoms with Gasteiger partial charge in [-0.2, -0.15) is 0 Å². The minimum Gasteiger partial charge on any atom is -0.298 e. The molecular formula is C21H18O. The number of carbonyl (C=O) groups excluding carboxylic acids is 1. The lowest BCUT2D eigenvalue weighted by molar-refractivity contribution is 0.112. The van der Waals surface area contributed by atoms with E-state index < -0.39 is 0 Å². The van der Waals surface area contributed by atoms with Gasteiger partial charge in [0.05, 0.1) is 0 Å². The van der Waals surface area contributed by atoms with Gasteiger partial charge in [-0.05, 0) is 22.3 Å². The van der Waals surface area contributed by atoms with Crippen molar-refractivity contribution in [2.75, 3.05) is 0 Å². The average Bonchev–Trinajstić information content (AvgIpc) is 2.62. The van der Waals surface area contributed by atoms with E-state index >= 15 is 0 Å². The molecule has 0 bridgehead atoms. The Bertz CT molecular complexity index is 760. The van der Waals surface area contributed by atoms with Crippen LogP contribution in [0.25, 0.3) is 11.1 Å². The maximum Gasteiger partial charge on any atom is 0.150 e. The minimum absolute atomic E-state index is 0.185. The highest BCUT2D eigenvalue weighted by atomic mass is 16.1. The minimum atomic E-state index is 0.185. The van der Waals surface area contributed by atoms with Crippen LogP contribution in [0.15, 0.2) is 78.9 Å². The van der Waals surface area contributed by atoms with Gasteiger partial charge in [-0.3, -0.25) is 4.79 Å². The van der Waals surface area contributed by atoms with Crippen LogP contribution >= 0.6 is 0 Å². The SMILES string of the molecule is C[C@H](c1ccccc1)c1cccc(-c2ccccc2)c1C=O. The molecule has 3 aromatic carbocycles. The van der Waals surface area contributed by atoms with E-state index in [2.05, 4.69) is 19.1 Å². The molecule has 0 aliphatic carbocycles. The summed E-state index contributed by atoms with van der Waals surface area (Å²) in [4.78, 5) is 11.8. The lowest BCUT2D eigenvalue weighted by Crippen LogP contribution is -2.02. The van der Waals surface area contributed by atoms with Gasteiger partial charge in [0.2, 0.25) is 0 Å². The van der Waals surface area contributed by atoms with E-state index in [1.54, 1.807) is 0 Å². The van der Waals surface area contributed by atoms with Crippen molar-refractivity contribution in [1.29, 1.82) is 0 Å². The van der Waals surface area contributed by atoms with Gasteiger partial charge in [-0.15, -0.1) is 0 Å².